The van der Waals surface area contributed by atoms with Gasteiger partial charge in [-0.3, -0.25) is 4.79 Å². The molecule has 1 aliphatic heterocycles. The highest BCUT2D eigenvalue weighted by atomic mass is 127. The molecule has 1 N–H and O–H groups in total. The van der Waals surface area contributed by atoms with E-state index in [-0.39, 0.29) is 11.6 Å². The number of ether oxygens (including phenoxy) is 1. The van der Waals surface area contributed by atoms with Crippen molar-refractivity contribution >= 4 is 28.5 Å². The molecule has 1 aromatic rings. The minimum Gasteiger partial charge on any atom is -0.381 e. The molecule has 0 unspecified atom stereocenters. The molecule has 1 saturated heterocycles. The first-order valence-electron chi connectivity index (χ1n) is 6.13. The van der Waals surface area contributed by atoms with Gasteiger partial charge < -0.3 is 10.1 Å². The topological polar surface area (TPSA) is 38.3 Å². The zero-order valence-electron chi connectivity index (χ0n) is 10.5. The van der Waals surface area contributed by atoms with Gasteiger partial charge in [0, 0.05) is 22.8 Å². The molecule has 0 atom stereocenters. The third-order valence-corrected chi connectivity index (χ3v) is 3.76. The van der Waals surface area contributed by atoms with Gasteiger partial charge in [0.1, 0.15) is 0 Å². The number of benzene rings is 1. The zero-order valence-corrected chi connectivity index (χ0v) is 12.6. The standard InChI is InChI=1S/C13H13F3INO2/c14-13(15,16)11-7-8(17)1-2-10(11)12(19)18-9-3-5-20-6-4-9/h1-2,7,9H,3-6H2,(H,18,19). The summed E-state index contributed by atoms with van der Waals surface area (Å²) in [4.78, 5) is 12.0. The van der Waals surface area contributed by atoms with Crippen LogP contribution in [0.15, 0.2) is 18.2 Å². The van der Waals surface area contributed by atoms with E-state index in [0.717, 1.165) is 6.07 Å². The maximum atomic E-state index is 13.0. The van der Waals surface area contributed by atoms with Crippen molar-refractivity contribution in [3.63, 3.8) is 0 Å². The van der Waals surface area contributed by atoms with Gasteiger partial charge in [-0.2, -0.15) is 13.2 Å². The van der Waals surface area contributed by atoms with E-state index in [1.165, 1.54) is 12.1 Å². The second kappa shape index (κ2) is 6.30. The normalized spacial score (nSPS) is 17.0. The zero-order chi connectivity index (χ0) is 14.8. The average Bonchev–Trinajstić information content (AvgIpc) is 2.38. The highest BCUT2D eigenvalue weighted by Crippen LogP contribution is 2.33. The van der Waals surface area contributed by atoms with Crippen LogP contribution in [0.2, 0.25) is 0 Å². The number of carbonyl (C=O) groups excluding carboxylic acids is 1. The molecule has 7 heteroatoms. The van der Waals surface area contributed by atoms with Crippen molar-refractivity contribution in [2.45, 2.75) is 25.1 Å². The number of nitrogens with one attached hydrogen (secondary N) is 1. The van der Waals surface area contributed by atoms with Gasteiger partial charge in [0.15, 0.2) is 0 Å². The van der Waals surface area contributed by atoms with E-state index in [1.807, 2.05) is 0 Å². The Morgan fingerprint density at radius 1 is 1.30 bits per heavy atom. The Balaban J connectivity index is 2.20. The number of alkyl halides is 3. The Labute approximate surface area is 128 Å². The number of hydrogen-bond donors (Lipinski definition) is 1. The third-order valence-electron chi connectivity index (χ3n) is 3.09. The second-order valence-electron chi connectivity index (χ2n) is 4.55. The van der Waals surface area contributed by atoms with E-state index in [9.17, 15) is 18.0 Å². The van der Waals surface area contributed by atoms with Crippen LogP contribution in [-0.4, -0.2) is 25.2 Å². The molecule has 0 aliphatic carbocycles. The summed E-state index contributed by atoms with van der Waals surface area (Å²) in [5.41, 5.74) is -1.22. The largest absolute Gasteiger partial charge is 0.417 e. The van der Waals surface area contributed by atoms with E-state index in [2.05, 4.69) is 5.32 Å². The number of hydrogen-bond acceptors (Lipinski definition) is 2. The summed E-state index contributed by atoms with van der Waals surface area (Å²) in [6, 6.07) is 3.57. The van der Waals surface area contributed by atoms with E-state index in [4.69, 9.17) is 4.74 Å². The molecule has 20 heavy (non-hydrogen) atoms. The van der Waals surface area contributed by atoms with Crippen molar-refractivity contribution in [3.8, 4) is 0 Å². The van der Waals surface area contributed by atoms with Gasteiger partial charge in [-0.15, -0.1) is 0 Å². The van der Waals surface area contributed by atoms with E-state index in [0.29, 0.717) is 29.6 Å². The van der Waals surface area contributed by atoms with Crippen LogP contribution in [0.1, 0.15) is 28.8 Å². The van der Waals surface area contributed by atoms with Crippen molar-refractivity contribution in [2.24, 2.45) is 0 Å². The minimum absolute atomic E-state index is 0.128. The SMILES string of the molecule is O=C(NC1CCOCC1)c1ccc(I)cc1C(F)(F)F. The summed E-state index contributed by atoms with van der Waals surface area (Å²) in [6.07, 6.45) is -3.29. The first kappa shape index (κ1) is 15.6. The summed E-state index contributed by atoms with van der Waals surface area (Å²) in [5, 5.41) is 2.65. The highest BCUT2D eigenvalue weighted by Gasteiger charge is 2.35. The number of rotatable bonds is 2. The van der Waals surface area contributed by atoms with E-state index in [1.54, 1.807) is 22.6 Å². The maximum Gasteiger partial charge on any atom is 0.417 e. The Bertz CT molecular complexity index is 499. The monoisotopic (exact) mass is 399 g/mol. The molecule has 110 valence electrons. The molecule has 1 fully saturated rings. The van der Waals surface area contributed by atoms with Crippen LogP contribution in [0.5, 0.6) is 0 Å². The van der Waals surface area contributed by atoms with Crippen LogP contribution in [0.4, 0.5) is 13.2 Å². The van der Waals surface area contributed by atoms with Gasteiger partial charge in [0.25, 0.3) is 5.91 Å². The van der Waals surface area contributed by atoms with Crippen molar-refractivity contribution < 1.29 is 22.7 Å². The lowest BCUT2D eigenvalue weighted by atomic mass is 10.0. The van der Waals surface area contributed by atoms with Gasteiger partial charge in [0.2, 0.25) is 0 Å². The lowest BCUT2D eigenvalue weighted by Crippen LogP contribution is -2.39. The molecular formula is C13H13F3INO2. The lowest BCUT2D eigenvalue weighted by molar-refractivity contribution is -0.138. The molecule has 1 amide bonds. The van der Waals surface area contributed by atoms with Crippen molar-refractivity contribution in [1.29, 1.82) is 0 Å². The summed E-state index contributed by atoms with van der Waals surface area (Å²) in [6.45, 7) is 1.04. The Kier molecular flexibility index (Phi) is 4.90. The van der Waals surface area contributed by atoms with Gasteiger partial charge in [0.05, 0.1) is 11.1 Å². The van der Waals surface area contributed by atoms with Crippen LogP contribution in [0.3, 0.4) is 0 Å². The van der Waals surface area contributed by atoms with Crippen LogP contribution in [-0.2, 0) is 10.9 Å². The summed E-state index contributed by atoms with van der Waals surface area (Å²) >= 11 is 1.79. The van der Waals surface area contributed by atoms with Gasteiger partial charge in [-0.25, -0.2) is 0 Å². The van der Waals surface area contributed by atoms with E-state index < -0.39 is 17.6 Å². The molecular weight excluding hydrogens is 386 g/mol. The Morgan fingerprint density at radius 3 is 2.55 bits per heavy atom. The Morgan fingerprint density at radius 2 is 1.95 bits per heavy atom. The highest BCUT2D eigenvalue weighted by molar-refractivity contribution is 14.1. The predicted octanol–water partition coefficient (Wildman–Crippen LogP) is 3.22. The number of carbonyl (C=O) groups is 1. The van der Waals surface area contributed by atoms with Gasteiger partial charge in [-0.1, -0.05) is 0 Å². The Hall–Kier alpha value is -0.830. The first-order valence-corrected chi connectivity index (χ1v) is 7.21. The predicted molar refractivity (Wildman–Crippen MR) is 75.5 cm³/mol. The van der Waals surface area contributed by atoms with Crippen LogP contribution in [0.25, 0.3) is 0 Å². The average molecular weight is 399 g/mol. The van der Waals surface area contributed by atoms with Crippen molar-refractivity contribution in [1.82, 2.24) is 5.32 Å². The third kappa shape index (κ3) is 3.85. The maximum absolute atomic E-state index is 13.0. The summed E-state index contributed by atoms with van der Waals surface area (Å²) in [5.74, 6) is -0.680. The molecule has 0 spiro atoms. The molecule has 3 nitrogen and oxygen atoms in total. The molecule has 1 aromatic carbocycles. The van der Waals surface area contributed by atoms with E-state index >= 15 is 0 Å². The molecule has 0 bridgehead atoms. The van der Waals surface area contributed by atoms with Gasteiger partial charge >= 0.3 is 6.18 Å². The summed E-state index contributed by atoms with van der Waals surface area (Å²) in [7, 11) is 0. The van der Waals surface area contributed by atoms with Crippen LogP contribution in [0, 0.1) is 3.57 Å². The number of halogens is 4. The molecule has 1 heterocycles. The van der Waals surface area contributed by atoms with Crippen LogP contribution < -0.4 is 5.32 Å². The summed E-state index contributed by atoms with van der Waals surface area (Å²) < 4.78 is 44.5. The second-order valence-corrected chi connectivity index (χ2v) is 5.79. The number of amides is 1. The van der Waals surface area contributed by atoms with Gasteiger partial charge in [-0.05, 0) is 53.6 Å². The fourth-order valence-electron chi connectivity index (χ4n) is 2.05. The first-order chi connectivity index (χ1) is 9.38. The quantitative estimate of drug-likeness (QED) is 0.776. The fraction of sp³-hybridized carbons (Fsp3) is 0.462. The fourth-order valence-corrected chi connectivity index (χ4v) is 2.55. The lowest BCUT2D eigenvalue weighted by Gasteiger charge is -2.24. The molecule has 0 aromatic heterocycles. The minimum atomic E-state index is -4.54. The molecule has 0 saturated carbocycles. The smallest absolute Gasteiger partial charge is 0.381 e. The molecule has 0 radical (unpaired) electrons. The molecule has 1 aliphatic rings. The van der Waals surface area contributed by atoms with Crippen molar-refractivity contribution in [3.05, 3.63) is 32.9 Å². The van der Waals surface area contributed by atoms with Crippen LogP contribution >= 0.6 is 22.6 Å². The molecule has 2 rings (SSSR count). The van der Waals surface area contributed by atoms with Crippen molar-refractivity contribution in [2.75, 3.05) is 13.2 Å².